The van der Waals surface area contributed by atoms with E-state index in [0.717, 1.165) is 0 Å². The highest BCUT2D eigenvalue weighted by atomic mass is 16.3. The highest BCUT2D eigenvalue weighted by molar-refractivity contribution is 6.05. The molecule has 0 atom stereocenters. The maximum absolute atomic E-state index is 13.2. The van der Waals surface area contributed by atoms with Gasteiger partial charge in [-0.15, -0.1) is 0 Å². The second-order valence-corrected chi connectivity index (χ2v) is 6.39. The minimum absolute atomic E-state index is 0.183. The molecule has 4 rings (SSSR count). The van der Waals surface area contributed by atoms with Gasteiger partial charge in [0.05, 0.1) is 10.8 Å². The van der Waals surface area contributed by atoms with Crippen molar-refractivity contribution in [3.8, 4) is 11.1 Å². The van der Waals surface area contributed by atoms with Crippen LogP contribution in [0.15, 0.2) is 63.8 Å². The van der Waals surface area contributed by atoms with Gasteiger partial charge < -0.3 is 21.6 Å². The van der Waals surface area contributed by atoms with Crippen LogP contribution in [0.5, 0.6) is 0 Å². The van der Waals surface area contributed by atoms with Crippen LogP contribution in [0.1, 0.15) is 20.7 Å². The van der Waals surface area contributed by atoms with Crippen LogP contribution in [0, 0.1) is 0 Å². The number of nitrogen functional groups attached to an aromatic ring is 1. The molecule has 1 aromatic heterocycles. The minimum atomic E-state index is -0.660. The van der Waals surface area contributed by atoms with Crippen LogP contribution in [0.4, 0.5) is 5.69 Å². The average Bonchev–Trinajstić information content (AvgIpc) is 2.67. The van der Waals surface area contributed by atoms with E-state index < -0.39 is 11.8 Å². The molecular formula is C21H15N3O4. The molecule has 4 aromatic rings. The average molecular weight is 373 g/mol. The molecule has 7 nitrogen and oxygen atoms in total. The molecule has 138 valence electrons. The normalized spacial score (nSPS) is 11.0. The summed E-state index contributed by atoms with van der Waals surface area (Å²) in [5.74, 6) is -1.30. The van der Waals surface area contributed by atoms with Gasteiger partial charge >= 0.3 is 0 Å². The Morgan fingerprint density at radius 1 is 0.786 bits per heavy atom. The minimum Gasteiger partial charge on any atom is -0.456 e. The quantitative estimate of drug-likeness (QED) is 0.373. The van der Waals surface area contributed by atoms with Gasteiger partial charge in [0, 0.05) is 16.8 Å². The number of anilines is 1. The van der Waals surface area contributed by atoms with E-state index in [9.17, 15) is 14.4 Å². The molecule has 3 aromatic carbocycles. The summed E-state index contributed by atoms with van der Waals surface area (Å²) >= 11 is 0. The van der Waals surface area contributed by atoms with Gasteiger partial charge in [-0.3, -0.25) is 14.4 Å². The molecule has 0 aliphatic heterocycles. The fourth-order valence-corrected chi connectivity index (χ4v) is 3.16. The van der Waals surface area contributed by atoms with Crippen LogP contribution in [-0.2, 0) is 0 Å². The molecule has 6 N–H and O–H groups in total. The van der Waals surface area contributed by atoms with Crippen molar-refractivity contribution < 1.29 is 14.0 Å². The van der Waals surface area contributed by atoms with Crippen LogP contribution in [0.2, 0.25) is 0 Å². The Hall–Kier alpha value is -4.13. The summed E-state index contributed by atoms with van der Waals surface area (Å²) in [7, 11) is 0. The molecule has 0 saturated carbocycles. The maximum atomic E-state index is 13.2. The number of hydrogen-bond donors (Lipinski definition) is 3. The van der Waals surface area contributed by atoms with Gasteiger partial charge in [0.25, 0.3) is 0 Å². The van der Waals surface area contributed by atoms with Gasteiger partial charge in [-0.25, -0.2) is 0 Å². The van der Waals surface area contributed by atoms with E-state index in [4.69, 9.17) is 21.6 Å². The molecule has 0 aliphatic rings. The van der Waals surface area contributed by atoms with Crippen LogP contribution in [-0.4, -0.2) is 11.8 Å². The lowest BCUT2D eigenvalue weighted by atomic mass is 9.96. The first-order valence-electron chi connectivity index (χ1n) is 8.35. The van der Waals surface area contributed by atoms with Crippen molar-refractivity contribution in [3.63, 3.8) is 0 Å². The van der Waals surface area contributed by atoms with Gasteiger partial charge in [0.1, 0.15) is 11.2 Å². The highest BCUT2D eigenvalue weighted by Crippen LogP contribution is 2.31. The first-order chi connectivity index (χ1) is 13.3. The number of benzene rings is 3. The number of nitrogens with two attached hydrogens (primary N) is 3. The fourth-order valence-electron chi connectivity index (χ4n) is 3.16. The number of fused-ring (bicyclic) bond motifs is 2. The third-order valence-corrected chi connectivity index (χ3v) is 4.57. The lowest BCUT2D eigenvalue weighted by Gasteiger charge is -2.10. The van der Waals surface area contributed by atoms with Crippen LogP contribution in [0.3, 0.4) is 0 Å². The van der Waals surface area contributed by atoms with Gasteiger partial charge in [-0.05, 0) is 53.6 Å². The molecule has 0 fully saturated rings. The largest absolute Gasteiger partial charge is 0.456 e. The predicted octanol–water partition coefficient (Wildman–Crippen LogP) is 2.39. The summed E-state index contributed by atoms with van der Waals surface area (Å²) in [5, 5.41) is 0.593. The molecular weight excluding hydrogens is 358 g/mol. The first-order valence-corrected chi connectivity index (χ1v) is 8.35. The van der Waals surface area contributed by atoms with Gasteiger partial charge in [0.2, 0.25) is 17.2 Å². The number of rotatable bonds is 3. The van der Waals surface area contributed by atoms with Crippen molar-refractivity contribution in [1.29, 1.82) is 0 Å². The Balaban J connectivity index is 2.14. The summed E-state index contributed by atoms with van der Waals surface area (Å²) in [6, 6.07) is 14.2. The number of amides is 2. The Labute approximate surface area is 158 Å². The van der Waals surface area contributed by atoms with Crippen molar-refractivity contribution in [3.05, 3.63) is 75.9 Å². The molecule has 2 amide bonds. The van der Waals surface area contributed by atoms with Gasteiger partial charge in [-0.1, -0.05) is 12.1 Å². The molecule has 28 heavy (non-hydrogen) atoms. The van der Waals surface area contributed by atoms with Crippen molar-refractivity contribution >= 4 is 39.4 Å². The fraction of sp³-hybridized carbons (Fsp3) is 0. The molecule has 1 heterocycles. The van der Waals surface area contributed by atoms with Crippen molar-refractivity contribution in [1.82, 2.24) is 0 Å². The zero-order chi connectivity index (χ0) is 20.0. The first kappa shape index (κ1) is 17.3. The molecule has 0 radical (unpaired) electrons. The third-order valence-electron chi connectivity index (χ3n) is 4.57. The Morgan fingerprint density at radius 2 is 1.43 bits per heavy atom. The second-order valence-electron chi connectivity index (χ2n) is 6.39. The molecule has 0 saturated heterocycles. The van der Waals surface area contributed by atoms with E-state index in [1.54, 1.807) is 30.3 Å². The number of carbonyl (C=O) groups excluding carboxylic acids is 2. The smallest absolute Gasteiger partial charge is 0.248 e. The Bertz CT molecular complexity index is 1340. The lowest BCUT2D eigenvalue weighted by Crippen LogP contribution is -2.13. The maximum Gasteiger partial charge on any atom is 0.248 e. The third kappa shape index (κ3) is 2.75. The monoisotopic (exact) mass is 373 g/mol. The lowest BCUT2D eigenvalue weighted by molar-refractivity contribution is 0.0992. The van der Waals surface area contributed by atoms with E-state index in [2.05, 4.69) is 0 Å². The van der Waals surface area contributed by atoms with Gasteiger partial charge in [0.15, 0.2) is 0 Å². The second kappa shape index (κ2) is 6.24. The summed E-state index contributed by atoms with van der Waals surface area (Å²) in [6.45, 7) is 0. The zero-order valence-corrected chi connectivity index (χ0v) is 14.6. The van der Waals surface area contributed by atoms with E-state index in [1.807, 2.05) is 0 Å². The standard InChI is InChI=1S/C21H15N3O4/c22-13-4-1-10(2-5-13)15-7-12(21(24)27)9-17-18(15)19(25)14-6-3-11(20(23)26)8-16(14)28-17/h1-9H,22H2,(H2,23,26)(H2,24,27). The number of hydrogen-bond acceptors (Lipinski definition) is 5. The molecule has 7 heteroatoms. The Kier molecular flexibility index (Phi) is 3.85. The summed E-state index contributed by atoms with van der Waals surface area (Å²) in [6.07, 6.45) is 0. The van der Waals surface area contributed by atoms with Crippen molar-refractivity contribution in [2.45, 2.75) is 0 Å². The predicted molar refractivity (Wildman–Crippen MR) is 107 cm³/mol. The molecule has 0 aliphatic carbocycles. The molecule has 0 bridgehead atoms. The van der Waals surface area contributed by atoms with Crippen LogP contribution < -0.4 is 22.6 Å². The van der Waals surface area contributed by atoms with E-state index in [1.165, 1.54) is 24.3 Å². The SMILES string of the molecule is NC(=O)c1ccc2c(=O)c3c(-c4ccc(N)cc4)cc(C(N)=O)cc3oc2c1. The van der Waals surface area contributed by atoms with E-state index in [0.29, 0.717) is 27.6 Å². The zero-order valence-electron chi connectivity index (χ0n) is 14.6. The van der Waals surface area contributed by atoms with Gasteiger partial charge in [-0.2, -0.15) is 0 Å². The van der Waals surface area contributed by atoms with Crippen molar-refractivity contribution in [2.24, 2.45) is 11.5 Å². The molecule has 0 spiro atoms. The Morgan fingerprint density at radius 3 is 2.07 bits per heavy atom. The summed E-state index contributed by atoms with van der Waals surface area (Å²) in [5.41, 5.74) is 18.7. The van der Waals surface area contributed by atoms with Crippen LogP contribution >= 0.6 is 0 Å². The van der Waals surface area contributed by atoms with Crippen molar-refractivity contribution in [2.75, 3.05) is 5.73 Å². The van der Waals surface area contributed by atoms with E-state index in [-0.39, 0.29) is 27.7 Å². The van der Waals surface area contributed by atoms with Crippen LogP contribution in [0.25, 0.3) is 33.1 Å². The number of carbonyl (C=O) groups is 2. The topological polar surface area (TPSA) is 142 Å². The van der Waals surface area contributed by atoms with E-state index >= 15 is 0 Å². The number of primary amides is 2. The molecule has 0 unspecified atom stereocenters. The summed E-state index contributed by atoms with van der Waals surface area (Å²) in [4.78, 5) is 36.4. The highest BCUT2D eigenvalue weighted by Gasteiger charge is 2.17. The summed E-state index contributed by atoms with van der Waals surface area (Å²) < 4.78 is 5.85.